The summed E-state index contributed by atoms with van der Waals surface area (Å²) >= 11 is 0. The van der Waals surface area contributed by atoms with Gasteiger partial charge in [-0.1, -0.05) is 6.92 Å². The van der Waals surface area contributed by atoms with Crippen LogP contribution in [0.1, 0.15) is 25.1 Å². The molecule has 0 aliphatic carbocycles. The molecule has 0 aromatic carbocycles. The Labute approximate surface area is 103 Å². The molecule has 2 N–H and O–H groups in total. The Kier molecular flexibility index (Phi) is 3.97. The van der Waals surface area contributed by atoms with Crippen LogP contribution in [0.3, 0.4) is 0 Å². The van der Waals surface area contributed by atoms with Crippen LogP contribution < -0.4 is 10.6 Å². The average molecular weight is 235 g/mol. The van der Waals surface area contributed by atoms with Gasteiger partial charge in [-0.05, 0) is 31.0 Å². The molecule has 1 unspecified atom stereocenters. The molecule has 1 aromatic heterocycles. The second-order valence-corrected chi connectivity index (χ2v) is 4.51. The van der Waals surface area contributed by atoms with Crippen LogP contribution in [0.15, 0.2) is 12.1 Å². The summed E-state index contributed by atoms with van der Waals surface area (Å²) in [7, 11) is 0. The number of aryl methyl sites for hydroxylation is 1. The molecule has 1 aliphatic rings. The van der Waals surface area contributed by atoms with E-state index in [1.807, 2.05) is 0 Å². The first-order valence-corrected chi connectivity index (χ1v) is 6.29. The summed E-state index contributed by atoms with van der Waals surface area (Å²) in [6, 6.07) is 4.19. The van der Waals surface area contributed by atoms with Crippen molar-refractivity contribution in [1.29, 1.82) is 0 Å². The summed E-state index contributed by atoms with van der Waals surface area (Å²) in [4.78, 5) is 6.96. The zero-order chi connectivity index (χ0) is 12.3. The highest BCUT2D eigenvalue weighted by Crippen LogP contribution is 2.18. The molecule has 2 heterocycles. The number of ether oxygens (including phenoxy) is 1. The van der Waals surface area contributed by atoms with Gasteiger partial charge in [-0.3, -0.25) is 0 Å². The van der Waals surface area contributed by atoms with Crippen LogP contribution in [0.2, 0.25) is 0 Å². The fourth-order valence-electron chi connectivity index (χ4n) is 2.12. The molecule has 0 spiro atoms. The first kappa shape index (κ1) is 12.3. The van der Waals surface area contributed by atoms with E-state index in [2.05, 4.69) is 35.9 Å². The zero-order valence-electron chi connectivity index (χ0n) is 10.6. The van der Waals surface area contributed by atoms with Gasteiger partial charge in [-0.25, -0.2) is 4.98 Å². The number of rotatable bonds is 3. The van der Waals surface area contributed by atoms with Crippen LogP contribution >= 0.6 is 0 Å². The lowest BCUT2D eigenvalue weighted by molar-refractivity contribution is 0.0529. The van der Waals surface area contributed by atoms with Crippen molar-refractivity contribution in [2.75, 3.05) is 24.6 Å². The van der Waals surface area contributed by atoms with Crippen molar-refractivity contribution >= 4 is 5.82 Å². The van der Waals surface area contributed by atoms with E-state index >= 15 is 0 Å². The number of pyridine rings is 1. The molecule has 1 atom stereocenters. The minimum Gasteiger partial charge on any atom is -0.375 e. The first-order valence-electron chi connectivity index (χ1n) is 6.29. The number of hydrogen-bond donors (Lipinski definition) is 1. The van der Waals surface area contributed by atoms with Gasteiger partial charge in [0.15, 0.2) is 0 Å². The van der Waals surface area contributed by atoms with Crippen molar-refractivity contribution in [3.05, 3.63) is 23.4 Å². The lowest BCUT2D eigenvalue weighted by Crippen LogP contribution is -2.41. The molecule has 0 saturated carbocycles. The minimum atomic E-state index is 0.275. The van der Waals surface area contributed by atoms with Crippen molar-refractivity contribution < 1.29 is 4.74 Å². The second-order valence-electron chi connectivity index (χ2n) is 4.51. The lowest BCUT2D eigenvalue weighted by Gasteiger charge is -2.32. The Balaban J connectivity index is 2.23. The Morgan fingerprint density at radius 1 is 1.53 bits per heavy atom. The van der Waals surface area contributed by atoms with Crippen molar-refractivity contribution in [2.45, 2.75) is 32.9 Å². The third-order valence-electron chi connectivity index (χ3n) is 3.09. The summed E-state index contributed by atoms with van der Waals surface area (Å²) in [5.41, 5.74) is 8.00. The molecular weight excluding hydrogens is 214 g/mol. The number of morpholine rings is 1. The molecule has 1 saturated heterocycles. The summed E-state index contributed by atoms with van der Waals surface area (Å²) in [6.07, 6.45) is 1.22. The Bertz CT molecular complexity index is 359. The van der Waals surface area contributed by atoms with Gasteiger partial charge in [0.2, 0.25) is 0 Å². The van der Waals surface area contributed by atoms with E-state index in [0.717, 1.165) is 43.2 Å². The van der Waals surface area contributed by atoms with Gasteiger partial charge in [0, 0.05) is 25.3 Å². The van der Waals surface area contributed by atoms with E-state index < -0.39 is 0 Å². The molecule has 4 heteroatoms. The van der Waals surface area contributed by atoms with E-state index in [0.29, 0.717) is 6.54 Å². The van der Waals surface area contributed by atoms with Gasteiger partial charge >= 0.3 is 0 Å². The molecular formula is C13H21N3O. The number of nitrogens with two attached hydrogens (primary N) is 1. The van der Waals surface area contributed by atoms with Crippen molar-refractivity contribution in [3.63, 3.8) is 0 Å². The SMILES string of the molecule is CCc1cc(CN)cc(N2CCOC(C)C2)n1. The van der Waals surface area contributed by atoms with Crippen LogP contribution in [0, 0.1) is 0 Å². The fraction of sp³-hybridized carbons (Fsp3) is 0.615. The molecule has 0 radical (unpaired) electrons. The first-order chi connectivity index (χ1) is 8.22. The third kappa shape index (κ3) is 2.96. The van der Waals surface area contributed by atoms with E-state index in [1.165, 1.54) is 0 Å². The fourth-order valence-corrected chi connectivity index (χ4v) is 2.12. The maximum Gasteiger partial charge on any atom is 0.129 e. The molecule has 1 aliphatic heterocycles. The number of nitrogens with zero attached hydrogens (tertiary/aromatic N) is 2. The van der Waals surface area contributed by atoms with Gasteiger partial charge in [0.25, 0.3) is 0 Å². The van der Waals surface area contributed by atoms with Crippen LogP contribution in [0.25, 0.3) is 0 Å². The maximum atomic E-state index is 5.73. The number of aromatic nitrogens is 1. The Morgan fingerprint density at radius 2 is 2.35 bits per heavy atom. The van der Waals surface area contributed by atoms with Gasteiger partial charge in [-0.15, -0.1) is 0 Å². The molecule has 1 fully saturated rings. The van der Waals surface area contributed by atoms with Crippen molar-refractivity contribution in [1.82, 2.24) is 4.98 Å². The Hall–Kier alpha value is -1.13. The van der Waals surface area contributed by atoms with E-state index in [-0.39, 0.29) is 6.10 Å². The quantitative estimate of drug-likeness (QED) is 0.858. The smallest absolute Gasteiger partial charge is 0.129 e. The third-order valence-corrected chi connectivity index (χ3v) is 3.09. The van der Waals surface area contributed by atoms with Crippen LogP contribution in [0.4, 0.5) is 5.82 Å². The lowest BCUT2D eigenvalue weighted by atomic mass is 10.2. The normalized spacial score (nSPS) is 20.6. The monoisotopic (exact) mass is 235 g/mol. The zero-order valence-corrected chi connectivity index (χ0v) is 10.6. The molecule has 2 rings (SSSR count). The summed E-state index contributed by atoms with van der Waals surface area (Å²) in [6.45, 7) is 7.38. The predicted octanol–water partition coefficient (Wildman–Crippen LogP) is 1.33. The van der Waals surface area contributed by atoms with E-state index in [4.69, 9.17) is 10.5 Å². The van der Waals surface area contributed by atoms with Crippen molar-refractivity contribution in [2.24, 2.45) is 5.73 Å². The van der Waals surface area contributed by atoms with Crippen molar-refractivity contribution in [3.8, 4) is 0 Å². The molecule has 0 bridgehead atoms. The molecule has 94 valence electrons. The van der Waals surface area contributed by atoms with Gasteiger partial charge in [0.1, 0.15) is 5.82 Å². The predicted molar refractivity (Wildman–Crippen MR) is 69.1 cm³/mol. The standard InChI is InChI=1S/C13H21N3O/c1-3-12-6-11(8-14)7-13(15-12)16-4-5-17-10(2)9-16/h6-7,10H,3-5,8-9,14H2,1-2H3. The molecule has 4 nitrogen and oxygen atoms in total. The molecule has 1 aromatic rings. The topological polar surface area (TPSA) is 51.4 Å². The summed E-state index contributed by atoms with van der Waals surface area (Å²) in [5, 5.41) is 0. The highest BCUT2D eigenvalue weighted by atomic mass is 16.5. The van der Waals surface area contributed by atoms with Crippen LogP contribution in [-0.2, 0) is 17.7 Å². The van der Waals surface area contributed by atoms with Crippen LogP contribution in [0.5, 0.6) is 0 Å². The highest BCUT2D eigenvalue weighted by Gasteiger charge is 2.18. The highest BCUT2D eigenvalue weighted by molar-refractivity contribution is 5.43. The average Bonchev–Trinajstić information content (AvgIpc) is 2.38. The van der Waals surface area contributed by atoms with E-state index in [9.17, 15) is 0 Å². The Morgan fingerprint density at radius 3 is 3.00 bits per heavy atom. The largest absolute Gasteiger partial charge is 0.375 e. The van der Waals surface area contributed by atoms with E-state index in [1.54, 1.807) is 0 Å². The van der Waals surface area contributed by atoms with Gasteiger partial charge < -0.3 is 15.4 Å². The second kappa shape index (κ2) is 5.47. The number of anilines is 1. The molecule has 17 heavy (non-hydrogen) atoms. The molecule has 0 amide bonds. The number of hydrogen-bond acceptors (Lipinski definition) is 4. The maximum absolute atomic E-state index is 5.73. The van der Waals surface area contributed by atoms with Gasteiger partial charge in [-0.2, -0.15) is 0 Å². The van der Waals surface area contributed by atoms with Crippen LogP contribution in [-0.4, -0.2) is 30.8 Å². The summed E-state index contributed by atoms with van der Waals surface area (Å²) in [5.74, 6) is 1.04. The minimum absolute atomic E-state index is 0.275. The summed E-state index contributed by atoms with van der Waals surface area (Å²) < 4.78 is 5.55. The van der Waals surface area contributed by atoms with Gasteiger partial charge in [0.05, 0.1) is 12.7 Å².